The first-order valence-corrected chi connectivity index (χ1v) is 8.51. The average molecular weight is 327 g/mol. The minimum absolute atomic E-state index is 0.0857. The first-order chi connectivity index (χ1) is 10.7. The van der Waals surface area contributed by atoms with E-state index in [-0.39, 0.29) is 36.7 Å². The maximum atomic E-state index is 12.4. The number of carbonyl (C=O) groups is 2. The van der Waals surface area contributed by atoms with E-state index in [1.165, 1.54) is 4.90 Å². The molecule has 0 N–H and O–H groups in total. The Balaban J connectivity index is 2.09. The second-order valence-corrected chi connectivity index (χ2v) is 7.65. The fraction of sp³-hybridized carbons (Fsp3) is 0.882. The predicted molar refractivity (Wildman–Crippen MR) is 84.8 cm³/mol. The zero-order chi connectivity index (χ0) is 17.2. The van der Waals surface area contributed by atoms with Crippen LogP contribution in [0.3, 0.4) is 0 Å². The normalized spacial score (nSPS) is 29.2. The van der Waals surface area contributed by atoms with Gasteiger partial charge < -0.3 is 14.2 Å². The van der Waals surface area contributed by atoms with Crippen LogP contribution in [-0.2, 0) is 19.0 Å². The standard InChI is InChI=1S/C17H29NO5/c1-11(2)15-12(22-14-8-6-7-9-21-14)10-13(19)18(15)16(20)23-17(3,4)5/h11-12,14-15H,6-10H2,1-5H3/t12-,14?,15-/m0/s1. The van der Waals surface area contributed by atoms with Gasteiger partial charge in [0.05, 0.1) is 18.6 Å². The lowest BCUT2D eigenvalue weighted by Gasteiger charge is -2.33. The monoisotopic (exact) mass is 327 g/mol. The van der Waals surface area contributed by atoms with E-state index in [0.29, 0.717) is 6.61 Å². The third-order valence-electron chi connectivity index (χ3n) is 4.06. The van der Waals surface area contributed by atoms with Gasteiger partial charge in [-0.05, 0) is 46.0 Å². The highest BCUT2D eigenvalue weighted by Gasteiger charge is 2.48. The van der Waals surface area contributed by atoms with Gasteiger partial charge in [0, 0.05) is 6.61 Å². The fourth-order valence-electron chi connectivity index (χ4n) is 3.13. The van der Waals surface area contributed by atoms with E-state index in [2.05, 4.69) is 0 Å². The van der Waals surface area contributed by atoms with Gasteiger partial charge in [0.2, 0.25) is 5.91 Å². The van der Waals surface area contributed by atoms with Crippen LogP contribution in [0.5, 0.6) is 0 Å². The van der Waals surface area contributed by atoms with Crippen molar-refractivity contribution in [3.05, 3.63) is 0 Å². The summed E-state index contributed by atoms with van der Waals surface area (Å²) in [6.07, 6.45) is 1.94. The molecule has 0 aromatic rings. The highest BCUT2D eigenvalue weighted by atomic mass is 16.7. The second-order valence-electron chi connectivity index (χ2n) is 7.65. The zero-order valence-electron chi connectivity index (χ0n) is 14.8. The van der Waals surface area contributed by atoms with Crippen LogP contribution in [0.2, 0.25) is 0 Å². The minimum Gasteiger partial charge on any atom is -0.443 e. The Morgan fingerprint density at radius 1 is 1.30 bits per heavy atom. The first-order valence-electron chi connectivity index (χ1n) is 8.51. The van der Waals surface area contributed by atoms with Crippen molar-refractivity contribution < 1.29 is 23.8 Å². The average Bonchev–Trinajstić information content (AvgIpc) is 2.74. The van der Waals surface area contributed by atoms with Crippen LogP contribution in [-0.4, -0.2) is 47.5 Å². The largest absolute Gasteiger partial charge is 0.443 e. The molecule has 23 heavy (non-hydrogen) atoms. The van der Waals surface area contributed by atoms with Gasteiger partial charge in [0.25, 0.3) is 0 Å². The van der Waals surface area contributed by atoms with Crippen molar-refractivity contribution in [1.29, 1.82) is 0 Å². The summed E-state index contributed by atoms with van der Waals surface area (Å²) < 4.78 is 17.0. The molecule has 0 spiro atoms. The lowest BCUT2D eigenvalue weighted by Crippen LogP contribution is -2.48. The molecule has 0 aromatic heterocycles. The molecule has 0 saturated carbocycles. The number of rotatable bonds is 3. The summed E-state index contributed by atoms with van der Waals surface area (Å²) in [5.41, 5.74) is -0.635. The van der Waals surface area contributed by atoms with Crippen LogP contribution < -0.4 is 0 Å². The van der Waals surface area contributed by atoms with Crippen LogP contribution in [0.1, 0.15) is 60.3 Å². The summed E-state index contributed by atoms with van der Waals surface area (Å²) in [5.74, 6) is -0.152. The SMILES string of the molecule is CC(C)[C@H]1[C@@H](OC2CCCCO2)CC(=O)N1C(=O)OC(C)(C)C. The van der Waals surface area contributed by atoms with Crippen LogP contribution in [0.25, 0.3) is 0 Å². The molecule has 2 saturated heterocycles. The van der Waals surface area contributed by atoms with Crippen LogP contribution in [0.4, 0.5) is 4.79 Å². The molecule has 6 nitrogen and oxygen atoms in total. The molecule has 1 unspecified atom stereocenters. The van der Waals surface area contributed by atoms with E-state index < -0.39 is 11.7 Å². The number of nitrogens with zero attached hydrogens (tertiary/aromatic N) is 1. The number of hydrogen-bond donors (Lipinski definition) is 0. The first kappa shape index (κ1) is 18.2. The lowest BCUT2D eigenvalue weighted by atomic mass is 9.99. The zero-order valence-corrected chi connectivity index (χ0v) is 14.8. The van der Waals surface area contributed by atoms with E-state index in [4.69, 9.17) is 14.2 Å². The van der Waals surface area contributed by atoms with Gasteiger partial charge in [-0.2, -0.15) is 0 Å². The Kier molecular flexibility index (Phi) is 5.68. The van der Waals surface area contributed by atoms with Crippen molar-refractivity contribution in [3.63, 3.8) is 0 Å². The van der Waals surface area contributed by atoms with E-state index in [0.717, 1.165) is 19.3 Å². The topological polar surface area (TPSA) is 65.1 Å². The Morgan fingerprint density at radius 2 is 2.00 bits per heavy atom. The van der Waals surface area contributed by atoms with Crippen molar-refractivity contribution >= 4 is 12.0 Å². The molecule has 2 fully saturated rings. The lowest BCUT2D eigenvalue weighted by molar-refractivity contribution is -0.193. The molecular formula is C17H29NO5. The molecule has 0 bridgehead atoms. The predicted octanol–water partition coefficient (Wildman–Crippen LogP) is 3.09. The third kappa shape index (κ3) is 4.67. The number of ether oxygens (including phenoxy) is 3. The highest BCUT2D eigenvalue weighted by Crippen LogP contribution is 2.31. The maximum absolute atomic E-state index is 12.4. The van der Waals surface area contributed by atoms with Gasteiger partial charge in [-0.3, -0.25) is 4.79 Å². The van der Waals surface area contributed by atoms with E-state index in [9.17, 15) is 9.59 Å². The van der Waals surface area contributed by atoms with E-state index in [1.54, 1.807) is 20.8 Å². The van der Waals surface area contributed by atoms with E-state index >= 15 is 0 Å². The quantitative estimate of drug-likeness (QED) is 0.797. The molecule has 2 rings (SSSR count). The van der Waals surface area contributed by atoms with Crippen molar-refractivity contribution in [2.75, 3.05) is 6.61 Å². The fourth-order valence-corrected chi connectivity index (χ4v) is 3.13. The van der Waals surface area contributed by atoms with Crippen LogP contribution in [0.15, 0.2) is 0 Å². The van der Waals surface area contributed by atoms with Crippen LogP contribution >= 0.6 is 0 Å². The van der Waals surface area contributed by atoms with Crippen molar-refractivity contribution in [1.82, 2.24) is 4.90 Å². The summed E-state index contributed by atoms with van der Waals surface area (Å²) in [4.78, 5) is 26.0. The summed E-state index contributed by atoms with van der Waals surface area (Å²) >= 11 is 0. The molecule has 2 amide bonds. The molecule has 3 atom stereocenters. The smallest absolute Gasteiger partial charge is 0.417 e. The minimum atomic E-state index is -0.635. The van der Waals surface area contributed by atoms with Gasteiger partial charge in [-0.25, -0.2) is 9.69 Å². The maximum Gasteiger partial charge on any atom is 0.417 e. The van der Waals surface area contributed by atoms with Crippen molar-refractivity contribution in [3.8, 4) is 0 Å². The summed E-state index contributed by atoms with van der Waals surface area (Å²) in [6, 6.07) is -0.317. The van der Waals surface area contributed by atoms with Gasteiger partial charge in [0.15, 0.2) is 6.29 Å². The highest BCUT2D eigenvalue weighted by molar-refractivity contribution is 5.94. The van der Waals surface area contributed by atoms with Gasteiger partial charge >= 0.3 is 6.09 Å². The molecule has 0 radical (unpaired) electrons. The number of hydrogen-bond acceptors (Lipinski definition) is 5. The molecule has 2 heterocycles. The number of amides is 2. The van der Waals surface area contributed by atoms with Gasteiger partial charge in [-0.1, -0.05) is 13.8 Å². The Labute approximate surface area is 138 Å². The van der Waals surface area contributed by atoms with Gasteiger partial charge in [0.1, 0.15) is 5.60 Å². The molecular weight excluding hydrogens is 298 g/mol. The summed E-state index contributed by atoms with van der Waals surface area (Å²) in [6.45, 7) is 10.0. The third-order valence-corrected chi connectivity index (χ3v) is 4.06. The van der Waals surface area contributed by atoms with Gasteiger partial charge in [-0.15, -0.1) is 0 Å². The number of imide groups is 1. The van der Waals surface area contributed by atoms with Crippen molar-refractivity contribution in [2.24, 2.45) is 5.92 Å². The summed E-state index contributed by atoms with van der Waals surface area (Å²) in [5, 5.41) is 0. The van der Waals surface area contributed by atoms with E-state index in [1.807, 2.05) is 13.8 Å². The molecule has 0 aromatic carbocycles. The Hall–Kier alpha value is -1.14. The molecule has 132 valence electrons. The molecule has 0 aliphatic carbocycles. The number of carbonyl (C=O) groups excluding carboxylic acids is 2. The van der Waals surface area contributed by atoms with Crippen molar-refractivity contribution in [2.45, 2.75) is 84.3 Å². The van der Waals surface area contributed by atoms with Crippen LogP contribution in [0, 0.1) is 5.92 Å². The summed E-state index contributed by atoms with van der Waals surface area (Å²) in [7, 11) is 0. The Morgan fingerprint density at radius 3 is 2.52 bits per heavy atom. The number of likely N-dealkylation sites (tertiary alicyclic amines) is 1. The molecule has 6 heteroatoms. The molecule has 2 aliphatic heterocycles. The molecule has 2 aliphatic rings. The second kappa shape index (κ2) is 7.18. The Bertz CT molecular complexity index is 437.